The molecule has 1 atom stereocenters. The zero-order valence-corrected chi connectivity index (χ0v) is 14.5. The van der Waals surface area contributed by atoms with E-state index >= 15 is 0 Å². The molecule has 5 heteroatoms. The van der Waals surface area contributed by atoms with Crippen LogP contribution >= 0.6 is 0 Å². The summed E-state index contributed by atoms with van der Waals surface area (Å²) in [5.74, 6) is 1.17. The third kappa shape index (κ3) is 2.20. The Morgan fingerprint density at radius 1 is 1.17 bits per heavy atom. The smallest absolute Gasteiger partial charge is 0.162 e. The maximum atomic E-state index is 13.1. The third-order valence-electron chi connectivity index (χ3n) is 5.64. The summed E-state index contributed by atoms with van der Waals surface area (Å²) in [6, 6.07) is 0. The predicted molar refractivity (Wildman–Crippen MR) is 86.6 cm³/mol. The topological polar surface area (TPSA) is 63.0 Å². The summed E-state index contributed by atoms with van der Waals surface area (Å²) in [6.07, 6.45) is 3.19. The summed E-state index contributed by atoms with van der Waals surface area (Å²) in [5.41, 5.74) is 2.79. The molecule has 0 aromatic rings. The van der Waals surface area contributed by atoms with Crippen LogP contribution in [0.3, 0.4) is 0 Å². The van der Waals surface area contributed by atoms with Crippen molar-refractivity contribution in [1.82, 2.24) is 5.32 Å². The van der Waals surface area contributed by atoms with Gasteiger partial charge in [-0.05, 0) is 38.5 Å². The number of Topliss-reactive ketones (excluding diaryl/α,β-unsaturated/α-hetero) is 1. The number of nitrogens with zero attached hydrogens (tertiary/aromatic N) is 2. The largest absolute Gasteiger partial charge is 0.375 e. The summed E-state index contributed by atoms with van der Waals surface area (Å²) in [6.45, 7) is 9.85. The van der Waals surface area contributed by atoms with Crippen molar-refractivity contribution in [3.05, 3.63) is 22.7 Å². The van der Waals surface area contributed by atoms with E-state index in [9.17, 15) is 4.79 Å². The molecule has 1 fully saturated rings. The summed E-state index contributed by atoms with van der Waals surface area (Å²) in [7, 11) is 0. The van der Waals surface area contributed by atoms with Crippen LogP contribution in [0.5, 0.6) is 0 Å². The maximum Gasteiger partial charge on any atom is 0.162 e. The first kappa shape index (κ1) is 15.1. The van der Waals surface area contributed by atoms with Gasteiger partial charge in [0, 0.05) is 35.3 Å². The minimum Gasteiger partial charge on any atom is -0.375 e. The highest BCUT2D eigenvalue weighted by Gasteiger charge is 2.54. The van der Waals surface area contributed by atoms with Gasteiger partial charge >= 0.3 is 0 Å². The molecule has 1 aliphatic carbocycles. The van der Waals surface area contributed by atoms with Crippen molar-refractivity contribution in [3.63, 3.8) is 0 Å². The van der Waals surface area contributed by atoms with Crippen LogP contribution in [0.15, 0.2) is 32.9 Å². The van der Waals surface area contributed by atoms with Crippen LogP contribution < -0.4 is 5.32 Å². The van der Waals surface area contributed by atoms with E-state index in [1.54, 1.807) is 0 Å². The lowest BCUT2D eigenvalue weighted by Crippen LogP contribution is -2.50. The van der Waals surface area contributed by atoms with E-state index < -0.39 is 0 Å². The second-order valence-corrected chi connectivity index (χ2v) is 8.76. The van der Waals surface area contributed by atoms with Crippen LogP contribution in [0.2, 0.25) is 0 Å². The second kappa shape index (κ2) is 4.53. The van der Waals surface area contributed by atoms with Crippen molar-refractivity contribution in [3.8, 4) is 0 Å². The van der Waals surface area contributed by atoms with E-state index in [4.69, 9.17) is 4.74 Å². The molecule has 23 heavy (non-hydrogen) atoms. The summed E-state index contributed by atoms with van der Waals surface area (Å²) in [4.78, 5) is 13.1. The molecule has 3 heterocycles. The Morgan fingerprint density at radius 3 is 2.70 bits per heavy atom. The molecular formula is C18H25N3O2. The summed E-state index contributed by atoms with van der Waals surface area (Å²) < 4.78 is 5.96. The average molecular weight is 315 g/mol. The number of hydrogen-bond acceptors (Lipinski definition) is 5. The van der Waals surface area contributed by atoms with Gasteiger partial charge in [-0.15, -0.1) is 5.11 Å². The van der Waals surface area contributed by atoms with Gasteiger partial charge in [-0.25, -0.2) is 0 Å². The molecule has 0 radical (unpaired) electrons. The fourth-order valence-electron chi connectivity index (χ4n) is 4.91. The van der Waals surface area contributed by atoms with Gasteiger partial charge in [-0.1, -0.05) is 13.8 Å². The van der Waals surface area contributed by atoms with Crippen molar-refractivity contribution >= 4 is 5.78 Å². The van der Waals surface area contributed by atoms with Gasteiger partial charge in [0.15, 0.2) is 11.6 Å². The number of carbonyl (C=O) groups excluding carboxylic acids is 1. The number of carbonyl (C=O) groups is 1. The van der Waals surface area contributed by atoms with Gasteiger partial charge in [0.2, 0.25) is 0 Å². The molecule has 4 rings (SSSR count). The van der Waals surface area contributed by atoms with Gasteiger partial charge < -0.3 is 10.1 Å². The summed E-state index contributed by atoms with van der Waals surface area (Å²) >= 11 is 0. The number of nitrogens with one attached hydrogen (secondary N) is 1. The first-order valence-corrected chi connectivity index (χ1v) is 8.52. The van der Waals surface area contributed by atoms with Crippen molar-refractivity contribution in [1.29, 1.82) is 0 Å². The number of ether oxygens (including phenoxy) is 1. The first-order valence-electron chi connectivity index (χ1n) is 8.52. The Morgan fingerprint density at radius 2 is 1.96 bits per heavy atom. The molecule has 5 nitrogen and oxygen atoms in total. The zero-order valence-electron chi connectivity index (χ0n) is 14.5. The zero-order chi connectivity index (χ0) is 16.5. The number of hydrogen-bond donors (Lipinski definition) is 1. The molecule has 124 valence electrons. The Hall–Kier alpha value is -1.49. The van der Waals surface area contributed by atoms with Gasteiger partial charge in [-0.2, -0.15) is 5.11 Å². The van der Waals surface area contributed by atoms with E-state index in [0.29, 0.717) is 25.4 Å². The number of azo groups is 1. The molecule has 3 aliphatic heterocycles. The Labute approximate surface area is 137 Å². The van der Waals surface area contributed by atoms with E-state index in [1.165, 1.54) is 5.57 Å². The molecule has 0 unspecified atom stereocenters. The van der Waals surface area contributed by atoms with E-state index in [2.05, 4.69) is 43.2 Å². The fraction of sp³-hybridized carbons (Fsp3) is 0.722. The Balaban J connectivity index is 1.88. The Kier molecular flexibility index (Phi) is 2.97. The third-order valence-corrected chi connectivity index (χ3v) is 5.64. The van der Waals surface area contributed by atoms with Crippen molar-refractivity contribution in [2.24, 2.45) is 21.1 Å². The standard InChI is InChI=1S/C18H25N3O2/c1-16(2)7-12-14(13(22)8-16)18(5-6-23-17(3,4)10-18)11-9-19-21-15(11)20-12/h20H,5-10H2,1-4H3/t18-/m1/s1. The van der Waals surface area contributed by atoms with E-state index in [0.717, 1.165) is 36.4 Å². The maximum absolute atomic E-state index is 13.1. The molecule has 0 aromatic carbocycles. The van der Waals surface area contributed by atoms with Crippen LogP contribution in [0.1, 0.15) is 53.4 Å². The monoisotopic (exact) mass is 315 g/mol. The number of allylic oxidation sites excluding steroid dienone is 2. The van der Waals surface area contributed by atoms with Crippen LogP contribution in [-0.4, -0.2) is 24.5 Å². The quantitative estimate of drug-likeness (QED) is 0.744. The highest BCUT2D eigenvalue weighted by molar-refractivity contribution is 6.00. The molecule has 1 N–H and O–H groups in total. The molecule has 0 amide bonds. The second-order valence-electron chi connectivity index (χ2n) is 8.76. The van der Waals surface area contributed by atoms with E-state index in [-0.39, 0.29) is 16.4 Å². The van der Waals surface area contributed by atoms with Gasteiger partial charge in [0.05, 0.1) is 12.1 Å². The minimum atomic E-state index is -0.241. The molecule has 1 saturated heterocycles. The molecule has 0 bridgehead atoms. The van der Waals surface area contributed by atoms with Crippen LogP contribution in [0, 0.1) is 10.8 Å². The number of rotatable bonds is 0. The number of dihydropyridines is 1. The minimum absolute atomic E-state index is 0.00139. The molecule has 0 aromatic heterocycles. The van der Waals surface area contributed by atoms with Crippen molar-refractivity contribution in [2.45, 2.75) is 59.0 Å². The lowest BCUT2D eigenvalue weighted by Gasteiger charge is -2.51. The van der Waals surface area contributed by atoms with Crippen LogP contribution in [0.4, 0.5) is 0 Å². The van der Waals surface area contributed by atoms with Crippen molar-refractivity contribution < 1.29 is 9.53 Å². The first-order chi connectivity index (χ1) is 10.7. The van der Waals surface area contributed by atoms with Gasteiger partial charge in [0.25, 0.3) is 0 Å². The van der Waals surface area contributed by atoms with Gasteiger partial charge in [0.1, 0.15) is 0 Å². The lowest BCUT2D eigenvalue weighted by molar-refractivity contribution is -0.122. The molecule has 1 spiro atoms. The molecular weight excluding hydrogens is 290 g/mol. The highest BCUT2D eigenvalue weighted by Crippen LogP contribution is 2.57. The molecule has 4 aliphatic rings. The lowest BCUT2D eigenvalue weighted by atomic mass is 9.58. The normalized spacial score (nSPS) is 34.5. The fourth-order valence-corrected chi connectivity index (χ4v) is 4.91. The number of fused-ring (bicyclic) bond motifs is 2. The SMILES string of the molecule is CC1(C)CC(=O)C2=C(C1)NC1=C(CN=N1)[C@]21CCOC(C)(C)C1. The Bertz CT molecular complexity index is 684. The summed E-state index contributed by atoms with van der Waals surface area (Å²) in [5, 5.41) is 12.0. The van der Waals surface area contributed by atoms with Crippen molar-refractivity contribution in [2.75, 3.05) is 13.2 Å². The van der Waals surface area contributed by atoms with Crippen LogP contribution in [-0.2, 0) is 9.53 Å². The van der Waals surface area contributed by atoms with Gasteiger partial charge in [-0.3, -0.25) is 4.79 Å². The van der Waals surface area contributed by atoms with Crippen LogP contribution in [0.25, 0.3) is 0 Å². The molecule has 0 saturated carbocycles. The average Bonchev–Trinajstić information content (AvgIpc) is 2.84. The number of ketones is 1. The highest BCUT2D eigenvalue weighted by atomic mass is 16.5. The predicted octanol–water partition coefficient (Wildman–Crippen LogP) is 3.49. The van der Waals surface area contributed by atoms with E-state index in [1.807, 2.05) is 0 Å².